The molecule has 0 bridgehead atoms. The molecule has 1 amide bonds. The number of likely N-dealkylation sites (tertiary alicyclic amines) is 1. The zero-order valence-corrected chi connectivity index (χ0v) is 13.3. The molecular formula is C17H28N2O2. The second kappa shape index (κ2) is 8.35. The Morgan fingerprint density at radius 3 is 2.67 bits per heavy atom. The molecule has 2 rings (SSSR count). The first-order valence-corrected chi connectivity index (χ1v) is 8.07. The number of hydrogen-bond acceptors (Lipinski definition) is 3. The number of carbonyl (C=O) groups excluding carboxylic acids is 1. The summed E-state index contributed by atoms with van der Waals surface area (Å²) in [4.78, 5) is 16.5. The third-order valence-corrected chi connectivity index (χ3v) is 4.54. The number of carbonyl (C=O) groups is 1. The quantitative estimate of drug-likeness (QED) is 0.574. The van der Waals surface area contributed by atoms with Crippen molar-refractivity contribution in [2.24, 2.45) is 5.92 Å². The summed E-state index contributed by atoms with van der Waals surface area (Å²) in [6.45, 7) is 7.15. The summed E-state index contributed by atoms with van der Waals surface area (Å²) < 4.78 is 5.44. The van der Waals surface area contributed by atoms with Crippen LogP contribution in [0.3, 0.4) is 0 Å². The second-order valence-corrected chi connectivity index (χ2v) is 6.10. The van der Waals surface area contributed by atoms with Crippen LogP contribution in [0, 0.1) is 5.92 Å². The van der Waals surface area contributed by atoms with Gasteiger partial charge in [-0.3, -0.25) is 4.79 Å². The van der Waals surface area contributed by atoms with E-state index in [2.05, 4.69) is 4.90 Å². The van der Waals surface area contributed by atoms with Crippen molar-refractivity contribution >= 4 is 5.91 Å². The van der Waals surface area contributed by atoms with Crippen LogP contribution in [0.4, 0.5) is 0 Å². The van der Waals surface area contributed by atoms with E-state index >= 15 is 0 Å². The number of amides is 1. The first-order valence-electron chi connectivity index (χ1n) is 8.07. The molecule has 0 N–H and O–H groups in total. The fourth-order valence-corrected chi connectivity index (χ4v) is 3.13. The molecular weight excluding hydrogens is 264 g/mol. The zero-order valence-electron chi connectivity index (χ0n) is 13.3. The van der Waals surface area contributed by atoms with Crippen LogP contribution >= 0.6 is 0 Å². The Labute approximate surface area is 128 Å². The van der Waals surface area contributed by atoms with Gasteiger partial charge in [-0.05, 0) is 32.1 Å². The van der Waals surface area contributed by atoms with Gasteiger partial charge < -0.3 is 14.5 Å². The van der Waals surface area contributed by atoms with Crippen molar-refractivity contribution in [1.82, 2.24) is 9.80 Å². The number of nitrogens with zero attached hydrogens (tertiary/aromatic N) is 2. The molecule has 2 saturated heterocycles. The lowest BCUT2D eigenvalue weighted by Crippen LogP contribution is -2.46. The molecule has 2 aliphatic heterocycles. The minimum Gasteiger partial charge on any atom is -0.381 e. The second-order valence-electron chi connectivity index (χ2n) is 6.10. The average molecular weight is 292 g/mol. The van der Waals surface area contributed by atoms with E-state index in [1.165, 1.54) is 6.42 Å². The molecule has 4 heteroatoms. The van der Waals surface area contributed by atoms with Crippen molar-refractivity contribution in [3.8, 4) is 0 Å². The van der Waals surface area contributed by atoms with Gasteiger partial charge in [-0.15, -0.1) is 0 Å². The lowest BCUT2D eigenvalue weighted by Gasteiger charge is -2.37. The summed E-state index contributed by atoms with van der Waals surface area (Å²) in [5.41, 5.74) is 0. The third-order valence-electron chi connectivity index (χ3n) is 4.54. The van der Waals surface area contributed by atoms with Crippen molar-refractivity contribution < 1.29 is 9.53 Å². The Kier molecular flexibility index (Phi) is 6.46. The van der Waals surface area contributed by atoms with E-state index in [0.717, 1.165) is 45.7 Å². The smallest absolute Gasteiger partial charge is 0.246 e. The Hall–Kier alpha value is -1.13. The highest BCUT2D eigenvalue weighted by atomic mass is 16.5. The maximum Gasteiger partial charge on any atom is 0.246 e. The summed E-state index contributed by atoms with van der Waals surface area (Å²) in [5.74, 6) is 0.820. The van der Waals surface area contributed by atoms with Gasteiger partial charge in [0.1, 0.15) is 0 Å². The molecule has 1 unspecified atom stereocenters. The molecule has 21 heavy (non-hydrogen) atoms. The lowest BCUT2D eigenvalue weighted by atomic mass is 10.0. The Bertz CT molecular complexity index is 378. The number of allylic oxidation sites excluding steroid dienone is 3. The largest absolute Gasteiger partial charge is 0.381 e. The molecule has 0 spiro atoms. The van der Waals surface area contributed by atoms with Crippen LogP contribution in [0.25, 0.3) is 0 Å². The van der Waals surface area contributed by atoms with Crippen molar-refractivity contribution in [1.29, 1.82) is 0 Å². The fraction of sp³-hybridized carbons (Fsp3) is 0.706. The van der Waals surface area contributed by atoms with E-state index in [-0.39, 0.29) is 5.91 Å². The monoisotopic (exact) mass is 292 g/mol. The zero-order chi connectivity index (χ0) is 15.1. The van der Waals surface area contributed by atoms with Crippen molar-refractivity contribution in [2.75, 3.05) is 39.9 Å². The van der Waals surface area contributed by atoms with Gasteiger partial charge in [0.15, 0.2) is 0 Å². The topological polar surface area (TPSA) is 32.8 Å². The maximum absolute atomic E-state index is 12.1. The number of piperidine rings is 1. The molecule has 0 aromatic rings. The van der Waals surface area contributed by atoms with Gasteiger partial charge >= 0.3 is 0 Å². The van der Waals surface area contributed by atoms with Crippen molar-refractivity contribution in [2.45, 2.75) is 32.2 Å². The fourth-order valence-electron chi connectivity index (χ4n) is 3.13. The summed E-state index contributed by atoms with van der Waals surface area (Å²) in [6.07, 6.45) is 10.6. The SMILES string of the molecule is C/C=C/C=C/C(=O)N(C)C1CCN(CC2CCOC2)CC1. The maximum atomic E-state index is 12.1. The van der Waals surface area contributed by atoms with Crippen LogP contribution in [0.1, 0.15) is 26.2 Å². The molecule has 2 heterocycles. The van der Waals surface area contributed by atoms with Gasteiger partial charge in [0.05, 0.1) is 6.61 Å². The summed E-state index contributed by atoms with van der Waals surface area (Å²) in [5, 5.41) is 0. The van der Waals surface area contributed by atoms with E-state index in [1.54, 1.807) is 6.08 Å². The molecule has 0 radical (unpaired) electrons. The molecule has 118 valence electrons. The summed E-state index contributed by atoms with van der Waals surface area (Å²) in [7, 11) is 1.92. The highest BCUT2D eigenvalue weighted by Gasteiger charge is 2.26. The number of hydrogen-bond donors (Lipinski definition) is 0. The predicted molar refractivity (Wildman–Crippen MR) is 85.1 cm³/mol. The molecule has 0 saturated carbocycles. The standard InChI is InChI=1S/C17H28N2O2/c1-3-4-5-6-17(20)18(2)16-7-10-19(11-8-16)13-15-9-12-21-14-15/h3-6,15-16H,7-14H2,1-2H3/b4-3+,6-5+. The Balaban J connectivity index is 1.73. The van der Waals surface area contributed by atoms with Crippen LogP contribution in [-0.4, -0.2) is 61.6 Å². The number of likely N-dealkylation sites (N-methyl/N-ethyl adjacent to an activating group) is 1. The van der Waals surface area contributed by atoms with Gasteiger partial charge in [-0.1, -0.05) is 18.2 Å². The van der Waals surface area contributed by atoms with Gasteiger partial charge in [0.2, 0.25) is 5.91 Å². The highest BCUT2D eigenvalue weighted by Crippen LogP contribution is 2.20. The lowest BCUT2D eigenvalue weighted by molar-refractivity contribution is -0.127. The first kappa shape index (κ1) is 16.2. The van der Waals surface area contributed by atoms with Crippen LogP contribution in [0.5, 0.6) is 0 Å². The summed E-state index contributed by atoms with van der Waals surface area (Å²) >= 11 is 0. The van der Waals surface area contributed by atoms with Crippen LogP contribution in [-0.2, 0) is 9.53 Å². The number of ether oxygens (including phenoxy) is 1. The molecule has 0 aromatic carbocycles. The van der Waals surface area contributed by atoms with Crippen LogP contribution in [0.15, 0.2) is 24.3 Å². The predicted octanol–water partition coefficient (Wildman–Crippen LogP) is 2.08. The molecule has 1 atom stereocenters. The van der Waals surface area contributed by atoms with Crippen LogP contribution < -0.4 is 0 Å². The summed E-state index contributed by atoms with van der Waals surface area (Å²) in [6, 6.07) is 0.379. The van der Waals surface area contributed by atoms with Crippen molar-refractivity contribution in [3.05, 3.63) is 24.3 Å². The van der Waals surface area contributed by atoms with E-state index < -0.39 is 0 Å². The normalized spacial score (nSPS) is 25.1. The Morgan fingerprint density at radius 2 is 2.05 bits per heavy atom. The molecule has 4 nitrogen and oxygen atoms in total. The van der Waals surface area contributed by atoms with Gasteiger partial charge in [0, 0.05) is 45.4 Å². The minimum atomic E-state index is 0.107. The van der Waals surface area contributed by atoms with Crippen LogP contribution in [0.2, 0.25) is 0 Å². The van der Waals surface area contributed by atoms with E-state index in [9.17, 15) is 4.79 Å². The third kappa shape index (κ3) is 4.97. The first-order chi connectivity index (χ1) is 10.2. The number of rotatable bonds is 5. The van der Waals surface area contributed by atoms with Gasteiger partial charge in [-0.2, -0.15) is 0 Å². The van der Waals surface area contributed by atoms with Gasteiger partial charge in [0.25, 0.3) is 0 Å². The van der Waals surface area contributed by atoms with Crippen molar-refractivity contribution in [3.63, 3.8) is 0 Å². The Morgan fingerprint density at radius 1 is 1.29 bits per heavy atom. The highest BCUT2D eigenvalue weighted by molar-refractivity contribution is 5.87. The van der Waals surface area contributed by atoms with Gasteiger partial charge in [-0.25, -0.2) is 0 Å². The van der Waals surface area contributed by atoms with E-state index in [0.29, 0.717) is 12.0 Å². The van der Waals surface area contributed by atoms with E-state index in [1.807, 2.05) is 37.1 Å². The average Bonchev–Trinajstić information content (AvgIpc) is 3.00. The molecule has 2 aliphatic rings. The molecule has 2 fully saturated rings. The minimum absolute atomic E-state index is 0.107. The molecule has 0 aliphatic carbocycles. The van der Waals surface area contributed by atoms with E-state index in [4.69, 9.17) is 4.74 Å². The molecule has 0 aromatic heterocycles.